The van der Waals surface area contributed by atoms with E-state index in [1.54, 1.807) is 0 Å². The lowest BCUT2D eigenvalue weighted by atomic mass is 10.0. The molecule has 0 aromatic rings. The summed E-state index contributed by atoms with van der Waals surface area (Å²) >= 11 is 0. The summed E-state index contributed by atoms with van der Waals surface area (Å²) in [5.74, 6) is -0.904. The molecule has 0 saturated heterocycles. The average molecular weight is 978 g/mol. The van der Waals surface area contributed by atoms with Crippen molar-refractivity contribution in [2.45, 2.75) is 303 Å². The molecule has 0 radical (unpaired) electrons. The van der Waals surface area contributed by atoms with Gasteiger partial charge in [-0.3, -0.25) is 14.4 Å². The Morgan fingerprint density at radius 3 is 0.900 bits per heavy atom. The van der Waals surface area contributed by atoms with Crippen LogP contribution < -0.4 is 0 Å². The minimum Gasteiger partial charge on any atom is -0.462 e. The third-order valence-corrected chi connectivity index (χ3v) is 12.9. The second kappa shape index (κ2) is 58.4. The number of hydrogen-bond donors (Lipinski definition) is 0. The number of esters is 3. The molecule has 0 spiro atoms. The van der Waals surface area contributed by atoms with Gasteiger partial charge in [-0.15, -0.1) is 0 Å². The fourth-order valence-corrected chi connectivity index (χ4v) is 8.36. The third-order valence-electron chi connectivity index (χ3n) is 12.9. The highest BCUT2D eigenvalue weighted by Crippen LogP contribution is 2.15. The highest BCUT2D eigenvalue weighted by Gasteiger charge is 2.19. The standard InChI is InChI=1S/C64H112O6/c1-4-7-10-13-16-19-22-24-26-27-28-29-30-31-32-33-34-35-36-37-39-40-42-45-48-51-54-57-63(66)69-60-61(59-68-62(65)56-53-50-47-44-21-18-15-12-9-6-3)70-64(67)58-55-52-49-46-43-41-38-25-23-20-17-14-11-8-5-2/h12,15,17,20,22,24-25,27-28,30-31,38,61H,4-11,13-14,16,18-19,21,23,26,29,32-37,39-60H2,1-3H3/b15-12-,20-17-,24-22-,28-27-,31-30-,38-25-. The number of unbranched alkanes of at least 4 members (excludes halogenated alkanes) is 31. The minimum atomic E-state index is -0.786. The lowest BCUT2D eigenvalue weighted by molar-refractivity contribution is -0.167. The molecule has 6 heteroatoms. The number of ether oxygens (including phenoxy) is 3. The summed E-state index contributed by atoms with van der Waals surface area (Å²) in [6.07, 6.45) is 74.8. The molecule has 0 aliphatic carbocycles. The van der Waals surface area contributed by atoms with E-state index in [2.05, 4.69) is 93.7 Å². The monoisotopic (exact) mass is 977 g/mol. The van der Waals surface area contributed by atoms with Gasteiger partial charge in [-0.25, -0.2) is 0 Å². The van der Waals surface area contributed by atoms with Crippen molar-refractivity contribution < 1.29 is 28.6 Å². The van der Waals surface area contributed by atoms with Crippen LogP contribution in [0, 0.1) is 0 Å². The highest BCUT2D eigenvalue weighted by molar-refractivity contribution is 5.71. The van der Waals surface area contributed by atoms with Gasteiger partial charge < -0.3 is 14.2 Å². The average Bonchev–Trinajstić information content (AvgIpc) is 3.36. The number of rotatable bonds is 54. The first-order valence-electron chi connectivity index (χ1n) is 29.9. The second-order valence-electron chi connectivity index (χ2n) is 19.9. The van der Waals surface area contributed by atoms with E-state index in [0.717, 1.165) is 109 Å². The quantitative estimate of drug-likeness (QED) is 0.0261. The Labute approximate surface area is 433 Å². The summed E-state index contributed by atoms with van der Waals surface area (Å²) in [5, 5.41) is 0. The van der Waals surface area contributed by atoms with Gasteiger partial charge in [-0.1, -0.05) is 241 Å². The van der Waals surface area contributed by atoms with Gasteiger partial charge >= 0.3 is 17.9 Å². The van der Waals surface area contributed by atoms with E-state index in [9.17, 15) is 14.4 Å². The van der Waals surface area contributed by atoms with Crippen LogP contribution in [0.15, 0.2) is 72.9 Å². The molecule has 0 aliphatic rings. The van der Waals surface area contributed by atoms with Crippen molar-refractivity contribution in [3.63, 3.8) is 0 Å². The van der Waals surface area contributed by atoms with Crippen molar-refractivity contribution in [1.29, 1.82) is 0 Å². The molecule has 0 aliphatic heterocycles. The Morgan fingerprint density at radius 2 is 0.543 bits per heavy atom. The van der Waals surface area contributed by atoms with Crippen LogP contribution in [-0.2, 0) is 28.6 Å². The maximum atomic E-state index is 12.8. The van der Waals surface area contributed by atoms with Gasteiger partial charge in [0.15, 0.2) is 6.10 Å². The fraction of sp³-hybridized carbons (Fsp3) is 0.766. The van der Waals surface area contributed by atoms with Crippen LogP contribution in [0.2, 0.25) is 0 Å². The predicted octanol–water partition coefficient (Wildman–Crippen LogP) is 20.2. The minimum absolute atomic E-state index is 0.0839. The number of carbonyl (C=O) groups is 3. The molecule has 0 aromatic carbocycles. The summed E-state index contributed by atoms with van der Waals surface area (Å²) in [6, 6.07) is 0. The molecule has 0 heterocycles. The van der Waals surface area contributed by atoms with E-state index < -0.39 is 6.10 Å². The normalized spacial score (nSPS) is 12.6. The lowest BCUT2D eigenvalue weighted by Gasteiger charge is -2.18. The molecule has 6 nitrogen and oxygen atoms in total. The van der Waals surface area contributed by atoms with Crippen LogP contribution >= 0.6 is 0 Å². The smallest absolute Gasteiger partial charge is 0.306 e. The first kappa shape index (κ1) is 66.9. The Balaban J connectivity index is 4.22. The van der Waals surface area contributed by atoms with Crippen LogP contribution in [0.25, 0.3) is 0 Å². The Bertz CT molecular complexity index is 1310. The van der Waals surface area contributed by atoms with Crippen molar-refractivity contribution >= 4 is 17.9 Å². The maximum Gasteiger partial charge on any atom is 0.306 e. The number of allylic oxidation sites excluding steroid dienone is 12. The zero-order valence-electron chi connectivity index (χ0n) is 46.3. The molecule has 0 aromatic heterocycles. The first-order chi connectivity index (χ1) is 34.5. The molecule has 0 bridgehead atoms. The van der Waals surface area contributed by atoms with E-state index >= 15 is 0 Å². The SMILES string of the molecule is CCC/C=C\CCCCCCCC(=O)OCC(COC(=O)CCCCCCCCCCCCCC/C=C\C/C=C\C/C=C\CCCCCCC)OC(=O)CCCCCCC/C=C\C/C=C\CCCCC. The third kappa shape index (κ3) is 55.8. The van der Waals surface area contributed by atoms with Crippen molar-refractivity contribution in [3.8, 4) is 0 Å². The Hall–Kier alpha value is -3.15. The molecule has 1 unspecified atom stereocenters. The van der Waals surface area contributed by atoms with Gasteiger partial charge in [0.1, 0.15) is 13.2 Å². The van der Waals surface area contributed by atoms with Crippen LogP contribution in [0.5, 0.6) is 0 Å². The molecule has 0 amide bonds. The van der Waals surface area contributed by atoms with Gasteiger partial charge in [0, 0.05) is 19.3 Å². The van der Waals surface area contributed by atoms with Crippen LogP contribution in [0.4, 0.5) is 0 Å². The summed E-state index contributed by atoms with van der Waals surface area (Å²) in [5.41, 5.74) is 0. The predicted molar refractivity (Wildman–Crippen MR) is 302 cm³/mol. The van der Waals surface area contributed by atoms with Crippen LogP contribution in [0.3, 0.4) is 0 Å². The molecule has 0 N–H and O–H groups in total. The molecule has 0 saturated carbocycles. The van der Waals surface area contributed by atoms with Gasteiger partial charge in [0.25, 0.3) is 0 Å². The van der Waals surface area contributed by atoms with Gasteiger partial charge in [-0.05, 0) is 109 Å². The van der Waals surface area contributed by atoms with Gasteiger partial charge in [0.05, 0.1) is 0 Å². The van der Waals surface area contributed by atoms with Crippen molar-refractivity contribution in [2.24, 2.45) is 0 Å². The van der Waals surface area contributed by atoms with E-state index in [-0.39, 0.29) is 31.1 Å². The summed E-state index contributed by atoms with van der Waals surface area (Å²) in [4.78, 5) is 38.1. The summed E-state index contributed by atoms with van der Waals surface area (Å²) in [6.45, 7) is 6.54. The van der Waals surface area contributed by atoms with E-state index in [1.807, 2.05) is 0 Å². The number of hydrogen-bond acceptors (Lipinski definition) is 6. The fourth-order valence-electron chi connectivity index (χ4n) is 8.36. The molecule has 0 fully saturated rings. The Kier molecular flexibility index (Phi) is 55.8. The maximum absolute atomic E-state index is 12.8. The molecular formula is C64H112O6. The van der Waals surface area contributed by atoms with Crippen LogP contribution in [0.1, 0.15) is 297 Å². The molecule has 0 rings (SSSR count). The molecule has 1 atom stereocenters. The largest absolute Gasteiger partial charge is 0.462 e. The van der Waals surface area contributed by atoms with E-state index in [0.29, 0.717) is 19.3 Å². The topological polar surface area (TPSA) is 78.9 Å². The second-order valence-corrected chi connectivity index (χ2v) is 19.9. The van der Waals surface area contributed by atoms with Crippen molar-refractivity contribution in [1.82, 2.24) is 0 Å². The highest BCUT2D eigenvalue weighted by atomic mass is 16.6. The zero-order valence-corrected chi connectivity index (χ0v) is 46.3. The van der Waals surface area contributed by atoms with Crippen molar-refractivity contribution in [2.75, 3.05) is 13.2 Å². The van der Waals surface area contributed by atoms with Gasteiger partial charge in [-0.2, -0.15) is 0 Å². The first-order valence-corrected chi connectivity index (χ1v) is 29.9. The van der Waals surface area contributed by atoms with Crippen molar-refractivity contribution in [3.05, 3.63) is 72.9 Å². The number of carbonyl (C=O) groups excluding carboxylic acids is 3. The summed E-state index contributed by atoms with van der Waals surface area (Å²) in [7, 11) is 0. The zero-order chi connectivity index (χ0) is 50.7. The molecular weight excluding hydrogens is 865 g/mol. The Morgan fingerprint density at radius 1 is 0.286 bits per heavy atom. The summed E-state index contributed by atoms with van der Waals surface area (Å²) < 4.78 is 16.8. The molecule has 70 heavy (non-hydrogen) atoms. The van der Waals surface area contributed by atoms with E-state index in [4.69, 9.17) is 14.2 Å². The lowest BCUT2D eigenvalue weighted by Crippen LogP contribution is -2.30. The van der Waals surface area contributed by atoms with Gasteiger partial charge in [0.2, 0.25) is 0 Å². The molecule has 404 valence electrons. The van der Waals surface area contributed by atoms with Crippen LogP contribution in [-0.4, -0.2) is 37.2 Å². The van der Waals surface area contributed by atoms with E-state index in [1.165, 1.54) is 148 Å².